The molecule has 0 aromatic rings. The summed E-state index contributed by atoms with van der Waals surface area (Å²) in [6.07, 6.45) is 4.45. The molecule has 0 fully saturated rings. The van der Waals surface area contributed by atoms with Crippen molar-refractivity contribution >= 4 is 0 Å². The minimum atomic E-state index is 0.589. The summed E-state index contributed by atoms with van der Waals surface area (Å²) in [6, 6.07) is 0. The first kappa shape index (κ1) is 22.8. The Labute approximate surface area is 141 Å². The molecule has 0 aliphatic carbocycles. The molecule has 0 bridgehead atoms. The number of ether oxygens (including phenoxy) is 6. The van der Waals surface area contributed by atoms with Crippen molar-refractivity contribution in [3.05, 3.63) is 0 Å². The van der Waals surface area contributed by atoms with Crippen LogP contribution in [0.15, 0.2) is 0 Å². The molecular weight excluding hydrogens is 300 g/mol. The summed E-state index contributed by atoms with van der Waals surface area (Å²) >= 11 is 0. The smallest absolute Gasteiger partial charge is 0.0701 e. The monoisotopic (exact) mass is 336 g/mol. The van der Waals surface area contributed by atoms with Crippen molar-refractivity contribution in [2.75, 3.05) is 79.8 Å². The lowest BCUT2D eigenvalue weighted by Crippen LogP contribution is -2.13. The third kappa shape index (κ3) is 21.8. The van der Waals surface area contributed by atoms with Gasteiger partial charge >= 0.3 is 0 Å². The van der Waals surface area contributed by atoms with Crippen molar-refractivity contribution < 1.29 is 28.4 Å². The average molecular weight is 336 g/mol. The molecule has 0 heterocycles. The molecule has 0 radical (unpaired) electrons. The number of rotatable bonds is 20. The molecule has 0 amide bonds. The molecule has 0 atom stereocenters. The van der Waals surface area contributed by atoms with Crippen LogP contribution >= 0.6 is 0 Å². The number of hydrogen-bond acceptors (Lipinski definition) is 6. The van der Waals surface area contributed by atoms with Gasteiger partial charge in [-0.3, -0.25) is 0 Å². The third-order valence-corrected chi connectivity index (χ3v) is 2.97. The lowest BCUT2D eigenvalue weighted by Gasteiger charge is -2.07. The van der Waals surface area contributed by atoms with Crippen molar-refractivity contribution in [1.82, 2.24) is 0 Å². The van der Waals surface area contributed by atoms with Crippen LogP contribution in [0.5, 0.6) is 0 Å². The van der Waals surface area contributed by atoms with Gasteiger partial charge in [0.25, 0.3) is 0 Å². The molecule has 0 saturated heterocycles. The summed E-state index contributed by atoms with van der Waals surface area (Å²) < 4.78 is 31.9. The van der Waals surface area contributed by atoms with Crippen LogP contribution in [0, 0.1) is 0 Å². The fraction of sp³-hybridized carbons (Fsp3) is 1.00. The van der Waals surface area contributed by atoms with E-state index in [1.165, 1.54) is 0 Å². The molecule has 23 heavy (non-hydrogen) atoms. The predicted molar refractivity (Wildman–Crippen MR) is 90.1 cm³/mol. The van der Waals surface area contributed by atoms with Gasteiger partial charge < -0.3 is 28.4 Å². The molecule has 0 aliphatic rings. The molecule has 0 unspecified atom stereocenters. The van der Waals surface area contributed by atoms with E-state index in [0.717, 1.165) is 45.5 Å². The van der Waals surface area contributed by atoms with Crippen LogP contribution in [-0.2, 0) is 28.4 Å². The van der Waals surface area contributed by atoms with Crippen molar-refractivity contribution in [2.24, 2.45) is 0 Å². The standard InChI is InChI=1S/C17H36O6/c1-3-7-19-8-5-4-6-9-20-12-13-22-16-17-23-15-14-21-11-10-18-2/h3-17H2,1-2H3. The first-order valence-corrected chi connectivity index (χ1v) is 8.79. The average Bonchev–Trinajstić information content (AvgIpc) is 2.57. The van der Waals surface area contributed by atoms with Crippen molar-refractivity contribution in [3.8, 4) is 0 Å². The van der Waals surface area contributed by atoms with Crippen LogP contribution in [0.3, 0.4) is 0 Å². The second-order valence-electron chi connectivity index (χ2n) is 5.12. The topological polar surface area (TPSA) is 55.4 Å². The van der Waals surface area contributed by atoms with Crippen molar-refractivity contribution in [1.29, 1.82) is 0 Å². The molecule has 0 N–H and O–H groups in total. The Bertz CT molecular complexity index is 184. The van der Waals surface area contributed by atoms with E-state index in [4.69, 9.17) is 28.4 Å². The Balaban J connectivity index is 2.92. The van der Waals surface area contributed by atoms with E-state index in [1.54, 1.807) is 7.11 Å². The van der Waals surface area contributed by atoms with Gasteiger partial charge in [0.2, 0.25) is 0 Å². The molecule has 0 aromatic heterocycles. The molecule has 0 saturated carbocycles. The van der Waals surface area contributed by atoms with Gasteiger partial charge in [0.15, 0.2) is 0 Å². The molecular formula is C17H36O6. The second kappa shape index (κ2) is 21.8. The van der Waals surface area contributed by atoms with Crippen LogP contribution in [0.25, 0.3) is 0 Å². The highest BCUT2D eigenvalue weighted by Crippen LogP contribution is 1.97. The van der Waals surface area contributed by atoms with Crippen LogP contribution < -0.4 is 0 Å². The quantitative estimate of drug-likeness (QED) is 0.318. The Morgan fingerprint density at radius 1 is 0.435 bits per heavy atom. The van der Waals surface area contributed by atoms with Gasteiger partial charge in [-0.05, 0) is 25.7 Å². The number of unbranched alkanes of at least 4 members (excludes halogenated alkanes) is 2. The van der Waals surface area contributed by atoms with Gasteiger partial charge in [-0.1, -0.05) is 6.92 Å². The maximum absolute atomic E-state index is 5.51. The van der Waals surface area contributed by atoms with E-state index in [2.05, 4.69) is 6.92 Å². The van der Waals surface area contributed by atoms with Gasteiger partial charge in [-0.2, -0.15) is 0 Å². The minimum absolute atomic E-state index is 0.589. The molecule has 140 valence electrons. The van der Waals surface area contributed by atoms with Gasteiger partial charge in [-0.25, -0.2) is 0 Å². The number of methoxy groups -OCH3 is 1. The van der Waals surface area contributed by atoms with Crippen molar-refractivity contribution in [2.45, 2.75) is 32.6 Å². The summed E-state index contributed by atoms with van der Waals surface area (Å²) in [6.45, 7) is 9.53. The fourth-order valence-electron chi connectivity index (χ4n) is 1.74. The largest absolute Gasteiger partial charge is 0.382 e. The number of hydrogen-bond donors (Lipinski definition) is 0. The molecule has 0 spiro atoms. The Morgan fingerprint density at radius 2 is 0.826 bits per heavy atom. The maximum Gasteiger partial charge on any atom is 0.0701 e. The van der Waals surface area contributed by atoms with Gasteiger partial charge in [0.1, 0.15) is 0 Å². The normalized spacial score (nSPS) is 11.2. The molecule has 0 rings (SSSR count). The summed E-state index contributed by atoms with van der Waals surface area (Å²) in [5, 5.41) is 0. The highest BCUT2D eigenvalue weighted by atomic mass is 16.6. The SMILES string of the molecule is CCCOCCCCCOCCOCCOCCOCCOC. The first-order valence-electron chi connectivity index (χ1n) is 8.79. The second-order valence-corrected chi connectivity index (χ2v) is 5.12. The van der Waals surface area contributed by atoms with E-state index < -0.39 is 0 Å². The zero-order valence-corrected chi connectivity index (χ0v) is 15.1. The van der Waals surface area contributed by atoms with Crippen LogP contribution in [0.4, 0.5) is 0 Å². The van der Waals surface area contributed by atoms with E-state index in [0.29, 0.717) is 52.9 Å². The lowest BCUT2D eigenvalue weighted by atomic mass is 10.2. The Hall–Kier alpha value is -0.240. The summed E-state index contributed by atoms with van der Waals surface area (Å²) in [5.74, 6) is 0. The van der Waals surface area contributed by atoms with E-state index >= 15 is 0 Å². The summed E-state index contributed by atoms with van der Waals surface area (Å²) in [4.78, 5) is 0. The zero-order valence-electron chi connectivity index (χ0n) is 15.1. The predicted octanol–water partition coefficient (Wildman–Crippen LogP) is 2.30. The first-order chi connectivity index (χ1) is 11.4. The maximum atomic E-state index is 5.51. The van der Waals surface area contributed by atoms with E-state index in [1.807, 2.05) is 0 Å². The highest BCUT2D eigenvalue weighted by molar-refractivity contribution is 4.41. The third-order valence-electron chi connectivity index (χ3n) is 2.97. The Morgan fingerprint density at radius 3 is 1.26 bits per heavy atom. The fourth-order valence-corrected chi connectivity index (χ4v) is 1.74. The van der Waals surface area contributed by atoms with Crippen LogP contribution in [-0.4, -0.2) is 79.8 Å². The molecule has 6 heteroatoms. The zero-order chi connectivity index (χ0) is 16.8. The molecule has 6 nitrogen and oxygen atoms in total. The lowest BCUT2D eigenvalue weighted by molar-refractivity contribution is -0.00809. The summed E-state index contributed by atoms with van der Waals surface area (Å²) in [7, 11) is 1.66. The van der Waals surface area contributed by atoms with E-state index in [9.17, 15) is 0 Å². The van der Waals surface area contributed by atoms with E-state index in [-0.39, 0.29) is 0 Å². The highest BCUT2D eigenvalue weighted by Gasteiger charge is 1.94. The van der Waals surface area contributed by atoms with Gasteiger partial charge in [0, 0.05) is 26.9 Å². The minimum Gasteiger partial charge on any atom is -0.382 e. The Kier molecular flexibility index (Phi) is 21.5. The summed E-state index contributed by atoms with van der Waals surface area (Å²) in [5.41, 5.74) is 0. The van der Waals surface area contributed by atoms with Crippen LogP contribution in [0.1, 0.15) is 32.6 Å². The van der Waals surface area contributed by atoms with Crippen LogP contribution in [0.2, 0.25) is 0 Å². The molecule has 0 aromatic carbocycles. The van der Waals surface area contributed by atoms with Gasteiger partial charge in [-0.15, -0.1) is 0 Å². The van der Waals surface area contributed by atoms with Crippen molar-refractivity contribution in [3.63, 3.8) is 0 Å². The van der Waals surface area contributed by atoms with Gasteiger partial charge in [0.05, 0.1) is 52.9 Å². The molecule has 0 aliphatic heterocycles.